The van der Waals surface area contributed by atoms with Crippen LogP contribution in [0.25, 0.3) is 0 Å². The highest BCUT2D eigenvalue weighted by Gasteiger charge is 2.12. The number of ether oxygens (including phenoxy) is 1. The largest absolute Gasteiger partial charge is 0.502 e. The Morgan fingerprint density at radius 3 is 2.50 bits per heavy atom. The lowest BCUT2D eigenvalue weighted by Gasteiger charge is -2.01. The van der Waals surface area contributed by atoms with Gasteiger partial charge in [-0.05, 0) is 23.8 Å². The van der Waals surface area contributed by atoms with Crippen LogP contribution in [-0.2, 0) is 11.2 Å². The standard InChI is InChI=1S/C16H14O6/c1-21-12-4-2-10(3-5-12)6-13-7-11(9-22-13)14(17)8-15(18)16(19)20/h2-5,7-9,18H,6H2,1H3,(H,19,20). The molecule has 1 heterocycles. The highest BCUT2D eigenvalue weighted by atomic mass is 16.5. The van der Waals surface area contributed by atoms with Crippen molar-refractivity contribution >= 4 is 11.8 Å². The summed E-state index contributed by atoms with van der Waals surface area (Å²) in [5, 5.41) is 17.6. The van der Waals surface area contributed by atoms with Crippen molar-refractivity contribution < 1.29 is 29.0 Å². The van der Waals surface area contributed by atoms with E-state index in [1.807, 2.05) is 24.3 Å². The molecule has 22 heavy (non-hydrogen) atoms. The van der Waals surface area contributed by atoms with E-state index >= 15 is 0 Å². The fraction of sp³-hybridized carbons (Fsp3) is 0.125. The molecular weight excluding hydrogens is 288 g/mol. The maximum atomic E-state index is 11.7. The van der Waals surface area contributed by atoms with Crippen molar-refractivity contribution in [2.45, 2.75) is 6.42 Å². The fourth-order valence-electron chi connectivity index (χ4n) is 1.82. The van der Waals surface area contributed by atoms with E-state index in [1.165, 1.54) is 12.3 Å². The van der Waals surface area contributed by atoms with Crippen LogP contribution in [0.2, 0.25) is 0 Å². The molecule has 0 aliphatic rings. The number of allylic oxidation sites excluding steroid dienone is 1. The van der Waals surface area contributed by atoms with Gasteiger partial charge in [0.2, 0.25) is 5.76 Å². The minimum absolute atomic E-state index is 0.177. The van der Waals surface area contributed by atoms with E-state index in [9.17, 15) is 9.59 Å². The number of rotatable bonds is 6. The predicted molar refractivity (Wildman–Crippen MR) is 77.2 cm³/mol. The molecule has 0 saturated heterocycles. The normalized spacial score (nSPS) is 11.2. The lowest BCUT2D eigenvalue weighted by atomic mass is 10.1. The Hall–Kier alpha value is -3.02. The summed E-state index contributed by atoms with van der Waals surface area (Å²) in [5.74, 6) is -1.91. The van der Waals surface area contributed by atoms with Gasteiger partial charge in [-0.2, -0.15) is 0 Å². The smallest absolute Gasteiger partial charge is 0.371 e. The van der Waals surface area contributed by atoms with Gasteiger partial charge in [0.05, 0.1) is 12.7 Å². The van der Waals surface area contributed by atoms with Crippen LogP contribution in [0.3, 0.4) is 0 Å². The average molecular weight is 302 g/mol. The van der Waals surface area contributed by atoms with Gasteiger partial charge in [0.1, 0.15) is 17.8 Å². The summed E-state index contributed by atoms with van der Waals surface area (Å²) in [6, 6.07) is 8.89. The molecule has 2 N–H and O–H groups in total. The number of methoxy groups -OCH3 is 1. The topological polar surface area (TPSA) is 97.0 Å². The molecule has 0 aliphatic heterocycles. The van der Waals surface area contributed by atoms with E-state index in [2.05, 4.69) is 0 Å². The number of benzene rings is 1. The van der Waals surface area contributed by atoms with Gasteiger partial charge in [0, 0.05) is 12.5 Å². The molecule has 0 amide bonds. The third-order valence-corrected chi connectivity index (χ3v) is 2.96. The number of aliphatic hydroxyl groups excluding tert-OH is 1. The number of carboxylic acid groups (broad SMARTS) is 1. The van der Waals surface area contributed by atoms with Crippen LogP contribution in [0.1, 0.15) is 21.7 Å². The summed E-state index contributed by atoms with van der Waals surface area (Å²) < 4.78 is 10.3. The molecule has 1 aromatic heterocycles. The van der Waals surface area contributed by atoms with Crippen LogP contribution >= 0.6 is 0 Å². The Balaban J connectivity index is 2.09. The maximum absolute atomic E-state index is 11.7. The molecule has 0 bridgehead atoms. The number of carbonyl (C=O) groups excluding carboxylic acids is 1. The highest BCUT2D eigenvalue weighted by molar-refractivity contribution is 6.07. The molecule has 1 aromatic carbocycles. The lowest BCUT2D eigenvalue weighted by Crippen LogP contribution is -2.03. The Bertz CT molecular complexity index is 708. The van der Waals surface area contributed by atoms with E-state index in [0.29, 0.717) is 18.3 Å². The van der Waals surface area contributed by atoms with Gasteiger partial charge < -0.3 is 19.4 Å². The maximum Gasteiger partial charge on any atom is 0.371 e. The minimum Gasteiger partial charge on any atom is -0.502 e. The van der Waals surface area contributed by atoms with Crippen LogP contribution in [-0.4, -0.2) is 29.1 Å². The van der Waals surface area contributed by atoms with Crippen LogP contribution in [0.4, 0.5) is 0 Å². The van der Waals surface area contributed by atoms with Gasteiger partial charge in [-0.25, -0.2) is 4.79 Å². The number of aliphatic carboxylic acids is 1. The SMILES string of the molecule is COc1ccc(Cc2cc(C(=O)C=C(O)C(=O)O)co2)cc1. The molecular formula is C16H14O6. The molecule has 0 saturated carbocycles. The molecule has 0 atom stereocenters. The molecule has 114 valence electrons. The third-order valence-electron chi connectivity index (χ3n) is 2.96. The molecule has 2 aromatic rings. The molecule has 6 nitrogen and oxygen atoms in total. The van der Waals surface area contributed by atoms with Gasteiger partial charge in [0.25, 0.3) is 0 Å². The Morgan fingerprint density at radius 1 is 1.23 bits per heavy atom. The second-order valence-corrected chi connectivity index (χ2v) is 4.53. The molecule has 0 fully saturated rings. The summed E-state index contributed by atoms with van der Waals surface area (Å²) in [6.45, 7) is 0. The number of aliphatic hydroxyl groups is 1. The quantitative estimate of drug-likeness (QED) is 0.483. The lowest BCUT2D eigenvalue weighted by molar-refractivity contribution is -0.135. The average Bonchev–Trinajstić information content (AvgIpc) is 2.96. The highest BCUT2D eigenvalue weighted by Crippen LogP contribution is 2.17. The number of ketones is 1. The Kier molecular flexibility index (Phi) is 4.63. The molecule has 0 aliphatic carbocycles. The van der Waals surface area contributed by atoms with Crippen molar-refractivity contribution in [1.82, 2.24) is 0 Å². The Labute approximate surface area is 126 Å². The summed E-state index contributed by atoms with van der Waals surface area (Å²) in [7, 11) is 1.58. The summed E-state index contributed by atoms with van der Waals surface area (Å²) in [5.41, 5.74) is 1.15. The zero-order valence-electron chi connectivity index (χ0n) is 11.8. The Morgan fingerprint density at radius 2 is 1.91 bits per heavy atom. The first-order chi connectivity index (χ1) is 10.5. The summed E-state index contributed by atoms with van der Waals surface area (Å²) in [4.78, 5) is 22.2. The number of carboxylic acids is 1. The number of carbonyl (C=O) groups is 2. The second-order valence-electron chi connectivity index (χ2n) is 4.53. The van der Waals surface area contributed by atoms with Gasteiger partial charge >= 0.3 is 5.97 Å². The van der Waals surface area contributed by atoms with Crippen LogP contribution in [0.15, 0.2) is 52.8 Å². The fourth-order valence-corrected chi connectivity index (χ4v) is 1.82. The molecule has 6 heteroatoms. The van der Waals surface area contributed by atoms with Crippen LogP contribution in [0, 0.1) is 0 Å². The summed E-state index contributed by atoms with van der Waals surface area (Å²) in [6.07, 6.45) is 2.35. The van der Waals surface area contributed by atoms with E-state index < -0.39 is 17.5 Å². The van der Waals surface area contributed by atoms with Gasteiger partial charge in [-0.1, -0.05) is 12.1 Å². The van der Waals surface area contributed by atoms with Gasteiger partial charge in [0.15, 0.2) is 5.78 Å². The molecule has 0 unspecified atom stereocenters. The van der Waals surface area contributed by atoms with Gasteiger partial charge in [-0.3, -0.25) is 4.79 Å². The van der Waals surface area contributed by atoms with E-state index in [-0.39, 0.29) is 5.56 Å². The summed E-state index contributed by atoms with van der Waals surface area (Å²) >= 11 is 0. The van der Waals surface area contributed by atoms with E-state index in [1.54, 1.807) is 7.11 Å². The third kappa shape index (κ3) is 3.76. The minimum atomic E-state index is -1.56. The van der Waals surface area contributed by atoms with E-state index in [4.69, 9.17) is 19.4 Å². The zero-order valence-corrected chi connectivity index (χ0v) is 11.8. The second kappa shape index (κ2) is 6.62. The van der Waals surface area contributed by atoms with Gasteiger partial charge in [-0.15, -0.1) is 0 Å². The molecule has 0 spiro atoms. The first-order valence-electron chi connectivity index (χ1n) is 6.38. The van der Waals surface area contributed by atoms with E-state index in [0.717, 1.165) is 11.3 Å². The number of hydrogen-bond donors (Lipinski definition) is 2. The molecule has 0 radical (unpaired) electrons. The first-order valence-corrected chi connectivity index (χ1v) is 6.38. The van der Waals surface area contributed by atoms with Crippen molar-refractivity contribution in [1.29, 1.82) is 0 Å². The van der Waals surface area contributed by atoms with Crippen molar-refractivity contribution in [2.75, 3.05) is 7.11 Å². The van der Waals surface area contributed by atoms with Crippen LogP contribution in [0.5, 0.6) is 5.75 Å². The molecule has 2 rings (SSSR count). The van der Waals surface area contributed by atoms with Crippen molar-refractivity contribution in [2.24, 2.45) is 0 Å². The van der Waals surface area contributed by atoms with Crippen molar-refractivity contribution in [3.63, 3.8) is 0 Å². The van der Waals surface area contributed by atoms with Crippen LogP contribution < -0.4 is 4.74 Å². The predicted octanol–water partition coefficient (Wildman–Crippen LogP) is 2.59. The zero-order chi connectivity index (χ0) is 16.1. The first kappa shape index (κ1) is 15.4. The number of furan rings is 1. The monoisotopic (exact) mass is 302 g/mol. The number of hydrogen-bond acceptors (Lipinski definition) is 5. The van der Waals surface area contributed by atoms with Crippen molar-refractivity contribution in [3.8, 4) is 5.75 Å². The van der Waals surface area contributed by atoms with Crippen molar-refractivity contribution in [3.05, 3.63) is 65.3 Å².